The molecule has 5 nitrogen and oxygen atoms in total. The second-order valence-electron chi connectivity index (χ2n) is 6.62. The Morgan fingerprint density at radius 2 is 1.93 bits per heavy atom. The number of halogens is 4. The van der Waals surface area contributed by atoms with E-state index in [-0.39, 0.29) is 19.6 Å². The minimum absolute atomic E-state index is 0.125. The number of hydrogen-bond acceptors (Lipinski definition) is 4. The summed E-state index contributed by atoms with van der Waals surface area (Å²) in [6, 6.07) is 8.62. The van der Waals surface area contributed by atoms with Crippen LogP contribution in [0.3, 0.4) is 0 Å². The summed E-state index contributed by atoms with van der Waals surface area (Å²) in [6.07, 6.45) is -4.55. The smallest absolute Gasteiger partial charge is 0.393 e. The highest BCUT2D eigenvalue weighted by Crippen LogP contribution is 2.38. The van der Waals surface area contributed by atoms with Crippen molar-refractivity contribution >= 4 is 17.6 Å². The molecule has 2 heterocycles. The van der Waals surface area contributed by atoms with Gasteiger partial charge in [-0.15, -0.1) is 0 Å². The monoisotopic (exact) mass is 399 g/mol. The third-order valence-electron chi connectivity index (χ3n) is 4.53. The molecule has 0 saturated carbocycles. The Bertz CT molecular complexity index is 843. The number of nitrogens with zero attached hydrogens (tertiary/aromatic N) is 3. The normalized spacial score (nSPS) is 20.8. The van der Waals surface area contributed by atoms with Crippen molar-refractivity contribution in [2.45, 2.75) is 19.6 Å². The first-order valence-electron chi connectivity index (χ1n) is 8.26. The molecule has 0 unspecified atom stereocenters. The average molecular weight is 400 g/mol. The van der Waals surface area contributed by atoms with Gasteiger partial charge in [-0.1, -0.05) is 11.6 Å². The van der Waals surface area contributed by atoms with E-state index in [1.165, 1.54) is 4.90 Å². The Kier molecular flexibility index (Phi) is 5.39. The summed E-state index contributed by atoms with van der Waals surface area (Å²) in [5.74, 6) is -4.33. The van der Waals surface area contributed by atoms with Crippen LogP contribution in [0.1, 0.15) is 11.4 Å². The number of benzene rings is 1. The first kappa shape index (κ1) is 19.6. The lowest BCUT2D eigenvalue weighted by molar-refractivity contribution is -0.188. The molecule has 0 amide bonds. The van der Waals surface area contributed by atoms with Gasteiger partial charge in [0.2, 0.25) is 0 Å². The van der Waals surface area contributed by atoms with Crippen molar-refractivity contribution in [2.24, 2.45) is 11.8 Å². The molecule has 144 valence electrons. The fourth-order valence-electron chi connectivity index (χ4n) is 3.27. The molecule has 1 fully saturated rings. The van der Waals surface area contributed by atoms with E-state index in [0.717, 1.165) is 5.56 Å². The van der Waals surface area contributed by atoms with Gasteiger partial charge in [0.15, 0.2) is 5.82 Å². The summed E-state index contributed by atoms with van der Waals surface area (Å²) < 4.78 is 39.4. The van der Waals surface area contributed by atoms with E-state index in [1.807, 2.05) is 0 Å². The molecule has 1 N–H and O–H groups in total. The fourth-order valence-corrected chi connectivity index (χ4v) is 3.39. The lowest BCUT2D eigenvalue weighted by Crippen LogP contribution is -2.33. The van der Waals surface area contributed by atoms with Gasteiger partial charge in [0, 0.05) is 35.9 Å². The molecule has 1 saturated heterocycles. The van der Waals surface area contributed by atoms with Crippen LogP contribution >= 0.6 is 11.6 Å². The Labute approximate surface area is 158 Å². The van der Waals surface area contributed by atoms with E-state index in [1.54, 1.807) is 37.3 Å². The molecular formula is C18H17ClF3N3O2. The van der Waals surface area contributed by atoms with Gasteiger partial charge >= 0.3 is 12.1 Å². The second-order valence-corrected chi connectivity index (χ2v) is 7.05. The molecule has 3 rings (SSSR count). The lowest BCUT2D eigenvalue weighted by Gasteiger charge is -2.18. The van der Waals surface area contributed by atoms with Gasteiger partial charge in [-0.05, 0) is 37.3 Å². The molecule has 0 aliphatic carbocycles. The number of rotatable bonds is 4. The molecule has 1 aromatic carbocycles. The Morgan fingerprint density at radius 1 is 1.26 bits per heavy atom. The quantitative estimate of drug-likeness (QED) is 0.847. The van der Waals surface area contributed by atoms with Gasteiger partial charge in [0.25, 0.3) is 0 Å². The van der Waals surface area contributed by atoms with Crippen LogP contribution in [-0.2, 0) is 11.3 Å². The third kappa shape index (κ3) is 4.56. The number of likely N-dealkylation sites (tertiary alicyclic amines) is 1. The van der Waals surface area contributed by atoms with E-state index in [2.05, 4.69) is 9.97 Å². The predicted octanol–water partition coefficient (Wildman–Crippen LogP) is 3.80. The Hall–Kier alpha value is -2.19. The second kappa shape index (κ2) is 7.44. The highest BCUT2D eigenvalue weighted by Gasteiger charge is 2.52. The summed E-state index contributed by atoms with van der Waals surface area (Å²) in [5.41, 5.74) is 1.95. The van der Waals surface area contributed by atoms with Crippen molar-refractivity contribution in [1.82, 2.24) is 14.9 Å². The Balaban J connectivity index is 1.82. The summed E-state index contributed by atoms with van der Waals surface area (Å²) >= 11 is 5.88. The molecule has 2 atom stereocenters. The van der Waals surface area contributed by atoms with Crippen molar-refractivity contribution in [3.8, 4) is 11.4 Å². The molecule has 1 aromatic heterocycles. The van der Waals surface area contributed by atoms with E-state index < -0.39 is 24.0 Å². The molecule has 0 bridgehead atoms. The molecule has 9 heteroatoms. The van der Waals surface area contributed by atoms with Crippen LogP contribution in [0.25, 0.3) is 11.4 Å². The number of aliphatic carboxylic acids is 1. The van der Waals surface area contributed by atoms with Gasteiger partial charge in [0.05, 0.1) is 17.5 Å². The number of carboxylic acid groups (broad SMARTS) is 1. The maximum atomic E-state index is 13.1. The summed E-state index contributed by atoms with van der Waals surface area (Å²) in [5, 5.41) is 9.70. The summed E-state index contributed by atoms with van der Waals surface area (Å²) in [7, 11) is 0. The lowest BCUT2D eigenvalue weighted by atomic mass is 9.96. The number of carbonyl (C=O) groups is 1. The van der Waals surface area contributed by atoms with Crippen molar-refractivity contribution in [1.29, 1.82) is 0 Å². The van der Waals surface area contributed by atoms with Crippen LogP contribution in [0, 0.1) is 18.8 Å². The number of carboxylic acids is 1. The topological polar surface area (TPSA) is 66.3 Å². The highest BCUT2D eigenvalue weighted by atomic mass is 35.5. The number of aryl methyl sites for hydroxylation is 1. The number of alkyl halides is 3. The number of hydrogen-bond donors (Lipinski definition) is 1. The van der Waals surface area contributed by atoms with Gasteiger partial charge in [-0.3, -0.25) is 9.69 Å². The van der Waals surface area contributed by atoms with E-state index in [4.69, 9.17) is 16.7 Å². The molecule has 0 radical (unpaired) electrons. The molecular weight excluding hydrogens is 383 g/mol. The molecule has 0 spiro atoms. The molecule has 2 aromatic rings. The third-order valence-corrected chi connectivity index (χ3v) is 4.78. The van der Waals surface area contributed by atoms with E-state index in [9.17, 15) is 18.0 Å². The van der Waals surface area contributed by atoms with Crippen molar-refractivity contribution < 1.29 is 23.1 Å². The van der Waals surface area contributed by atoms with Gasteiger partial charge in [-0.25, -0.2) is 9.97 Å². The standard InChI is InChI=1S/C18H17ClF3N3O2/c1-10-6-13(24-16(23-10)11-2-4-12(19)5-3-11)7-25-8-14(17(26)27)15(9-25)18(20,21)22/h2-6,14-15H,7-9H2,1H3,(H,26,27)/t14-,15-/m1/s1. The zero-order chi connectivity index (χ0) is 19.8. The van der Waals surface area contributed by atoms with Gasteiger partial charge in [0.1, 0.15) is 0 Å². The Morgan fingerprint density at radius 3 is 2.48 bits per heavy atom. The van der Waals surface area contributed by atoms with E-state index >= 15 is 0 Å². The van der Waals surface area contributed by atoms with Crippen molar-refractivity contribution in [2.75, 3.05) is 13.1 Å². The highest BCUT2D eigenvalue weighted by molar-refractivity contribution is 6.30. The predicted molar refractivity (Wildman–Crippen MR) is 93.2 cm³/mol. The first-order valence-corrected chi connectivity index (χ1v) is 8.63. The number of aromatic nitrogens is 2. The average Bonchev–Trinajstić information content (AvgIpc) is 2.99. The first-order chi connectivity index (χ1) is 12.6. The molecule has 27 heavy (non-hydrogen) atoms. The molecule has 1 aliphatic rings. The van der Waals surface area contributed by atoms with Gasteiger partial charge in [-0.2, -0.15) is 13.2 Å². The molecule has 1 aliphatic heterocycles. The van der Waals surface area contributed by atoms with Crippen molar-refractivity contribution in [3.63, 3.8) is 0 Å². The minimum atomic E-state index is -4.55. The van der Waals surface area contributed by atoms with Crippen LogP contribution in [0.2, 0.25) is 5.02 Å². The van der Waals surface area contributed by atoms with Crippen LogP contribution in [0.5, 0.6) is 0 Å². The maximum absolute atomic E-state index is 13.1. The fraction of sp³-hybridized carbons (Fsp3) is 0.389. The SMILES string of the molecule is Cc1cc(CN2C[C@@H](C(F)(F)F)[C@H](C(=O)O)C2)nc(-c2ccc(Cl)cc2)n1. The van der Waals surface area contributed by atoms with Crippen molar-refractivity contribution in [3.05, 3.63) is 46.7 Å². The van der Waals surface area contributed by atoms with Crippen LogP contribution < -0.4 is 0 Å². The van der Waals surface area contributed by atoms with Crippen LogP contribution in [0.4, 0.5) is 13.2 Å². The largest absolute Gasteiger partial charge is 0.481 e. The minimum Gasteiger partial charge on any atom is -0.481 e. The summed E-state index contributed by atoms with van der Waals surface area (Å²) in [4.78, 5) is 21.5. The van der Waals surface area contributed by atoms with E-state index in [0.29, 0.717) is 22.2 Å². The van der Waals surface area contributed by atoms with Crippen LogP contribution in [0.15, 0.2) is 30.3 Å². The summed E-state index contributed by atoms with van der Waals surface area (Å²) in [6.45, 7) is 1.37. The van der Waals surface area contributed by atoms with Crippen LogP contribution in [-0.4, -0.2) is 45.2 Å². The zero-order valence-electron chi connectivity index (χ0n) is 14.4. The van der Waals surface area contributed by atoms with Gasteiger partial charge < -0.3 is 5.11 Å². The maximum Gasteiger partial charge on any atom is 0.393 e. The zero-order valence-corrected chi connectivity index (χ0v) is 15.1.